The van der Waals surface area contributed by atoms with Crippen molar-refractivity contribution < 1.29 is 20.1 Å². The fraction of sp³-hybridized carbons (Fsp3) is 0.278. The van der Waals surface area contributed by atoms with E-state index in [1.165, 1.54) is 17.4 Å². The average Bonchev–Trinajstić information content (AvgIpc) is 3.09. The van der Waals surface area contributed by atoms with Crippen molar-refractivity contribution in [3.8, 4) is 17.0 Å². The molecule has 1 aromatic carbocycles. The highest BCUT2D eigenvalue weighted by Crippen LogP contribution is 2.37. The molecule has 1 fully saturated rings. The zero-order valence-corrected chi connectivity index (χ0v) is 15.3. The number of halogens is 1. The van der Waals surface area contributed by atoms with Gasteiger partial charge in [-0.25, -0.2) is 4.79 Å². The number of carboxylic acids is 1. The first-order valence-electron chi connectivity index (χ1n) is 8.18. The number of aliphatic hydroxyl groups is 1. The Kier molecular flexibility index (Phi) is 4.40. The molecule has 1 saturated heterocycles. The normalized spacial score (nSPS) is 15.5. The second kappa shape index (κ2) is 6.59. The Bertz CT molecular complexity index is 991. The summed E-state index contributed by atoms with van der Waals surface area (Å²) in [6.45, 7) is 2.72. The van der Waals surface area contributed by atoms with Crippen LogP contribution in [0.2, 0.25) is 5.02 Å². The van der Waals surface area contributed by atoms with Gasteiger partial charge in [0, 0.05) is 31.7 Å². The molecule has 6 nitrogen and oxygen atoms in total. The number of aromatic nitrogens is 1. The van der Waals surface area contributed by atoms with E-state index in [4.69, 9.17) is 11.6 Å². The van der Waals surface area contributed by atoms with E-state index in [1.807, 2.05) is 6.07 Å². The monoisotopic (exact) mass is 392 g/mol. The Labute approximate surface area is 158 Å². The third-order valence-electron chi connectivity index (χ3n) is 4.61. The molecular weight excluding hydrogens is 376 g/mol. The Balaban J connectivity index is 1.76. The molecule has 4 rings (SSSR count). The molecule has 0 bridgehead atoms. The standard InChI is InChI=1S/C18H17ClN2O4S/c19-13-5-10(22)1-2-12(13)14-6-16-15(7-17(26-16)18(24)25)21(14)4-3-20-8-11(23)9-20/h1-2,5-7,11,22-23H,3-4,8-9H2,(H,24,25). The number of aromatic hydroxyl groups is 1. The van der Waals surface area contributed by atoms with Crippen molar-refractivity contribution >= 4 is 39.1 Å². The lowest BCUT2D eigenvalue weighted by atomic mass is 10.1. The summed E-state index contributed by atoms with van der Waals surface area (Å²) in [5, 5.41) is 28.8. The van der Waals surface area contributed by atoms with E-state index in [1.54, 1.807) is 18.2 Å². The van der Waals surface area contributed by atoms with E-state index >= 15 is 0 Å². The SMILES string of the molecule is O=C(O)c1cc2c(cc(-c3ccc(O)cc3Cl)n2CCN2CC(O)C2)s1. The van der Waals surface area contributed by atoms with Crippen molar-refractivity contribution in [2.24, 2.45) is 0 Å². The van der Waals surface area contributed by atoms with Crippen LogP contribution >= 0.6 is 22.9 Å². The summed E-state index contributed by atoms with van der Waals surface area (Å²) in [7, 11) is 0. The van der Waals surface area contributed by atoms with E-state index in [0.29, 0.717) is 29.5 Å². The number of aromatic carboxylic acids is 1. The molecule has 3 heterocycles. The number of benzene rings is 1. The predicted octanol–water partition coefficient (Wildman–Crippen LogP) is 3.10. The summed E-state index contributed by atoms with van der Waals surface area (Å²) >= 11 is 7.56. The lowest BCUT2D eigenvalue weighted by Crippen LogP contribution is -2.51. The molecule has 2 aromatic heterocycles. The number of phenolic OH excluding ortho intramolecular Hbond substituents is 1. The van der Waals surface area contributed by atoms with Gasteiger partial charge in [0.1, 0.15) is 10.6 Å². The fourth-order valence-electron chi connectivity index (χ4n) is 3.29. The summed E-state index contributed by atoms with van der Waals surface area (Å²) in [4.78, 5) is 13.7. The quantitative estimate of drug-likeness (QED) is 0.621. The minimum absolute atomic E-state index is 0.0985. The first-order chi connectivity index (χ1) is 12.4. The summed E-state index contributed by atoms with van der Waals surface area (Å²) < 4.78 is 2.94. The zero-order chi connectivity index (χ0) is 18.4. The minimum atomic E-state index is -0.937. The van der Waals surface area contributed by atoms with Gasteiger partial charge in [-0.2, -0.15) is 0 Å². The third-order valence-corrected chi connectivity index (χ3v) is 5.98. The molecule has 0 atom stereocenters. The Morgan fingerprint density at radius 3 is 2.65 bits per heavy atom. The van der Waals surface area contributed by atoms with Crippen LogP contribution in [-0.2, 0) is 6.54 Å². The molecule has 1 aliphatic rings. The number of aliphatic hydroxyl groups excluding tert-OH is 1. The maximum atomic E-state index is 11.3. The smallest absolute Gasteiger partial charge is 0.345 e. The highest BCUT2D eigenvalue weighted by atomic mass is 35.5. The molecular formula is C18H17ClN2O4S. The Morgan fingerprint density at radius 2 is 2.00 bits per heavy atom. The Hall–Kier alpha value is -2.06. The van der Waals surface area contributed by atoms with Gasteiger partial charge in [0.05, 0.1) is 27.0 Å². The van der Waals surface area contributed by atoms with Crippen LogP contribution < -0.4 is 0 Å². The van der Waals surface area contributed by atoms with Gasteiger partial charge in [0.25, 0.3) is 0 Å². The van der Waals surface area contributed by atoms with Crippen molar-refractivity contribution in [1.29, 1.82) is 0 Å². The maximum absolute atomic E-state index is 11.3. The van der Waals surface area contributed by atoms with Gasteiger partial charge in [-0.1, -0.05) is 11.6 Å². The van der Waals surface area contributed by atoms with Crippen LogP contribution in [0.15, 0.2) is 30.3 Å². The van der Waals surface area contributed by atoms with Crippen LogP contribution in [0.1, 0.15) is 9.67 Å². The highest BCUT2D eigenvalue weighted by molar-refractivity contribution is 7.20. The number of thiophene rings is 1. The number of hydrogen-bond acceptors (Lipinski definition) is 5. The summed E-state index contributed by atoms with van der Waals surface area (Å²) in [6, 6.07) is 8.47. The second-order valence-electron chi connectivity index (χ2n) is 6.42. The Morgan fingerprint density at radius 1 is 1.23 bits per heavy atom. The van der Waals surface area contributed by atoms with Crippen molar-refractivity contribution in [2.45, 2.75) is 12.6 Å². The van der Waals surface area contributed by atoms with Crippen LogP contribution in [0.25, 0.3) is 21.5 Å². The average molecular weight is 393 g/mol. The van der Waals surface area contributed by atoms with E-state index in [2.05, 4.69) is 9.47 Å². The van der Waals surface area contributed by atoms with E-state index in [9.17, 15) is 20.1 Å². The number of fused-ring (bicyclic) bond motifs is 1. The molecule has 0 spiro atoms. The minimum Gasteiger partial charge on any atom is -0.508 e. The van der Waals surface area contributed by atoms with Crippen LogP contribution in [0, 0.1) is 0 Å². The third kappa shape index (κ3) is 3.07. The van der Waals surface area contributed by atoms with E-state index < -0.39 is 5.97 Å². The van der Waals surface area contributed by atoms with Gasteiger partial charge in [-0.3, -0.25) is 4.90 Å². The van der Waals surface area contributed by atoms with Gasteiger partial charge < -0.3 is 19.9 Å². The lowest BCUT2D eigenvalue weighted by molar-refractivity contribution is 0.000776. The largest absolute Gasteiger partial charge is 0.508 e. The second-order valence-corrected chi connectivity index (χ2v) is 7.92. The van der Waals surface area contributed by atoms with Gasteiger partial charge in [0.2, 0.25) is 0 Å². The molecule has 0 radical (unpaired) electrons. The van der Waals surface area contributed by atoms with Gasteiger partial charge in [-0.05, 0) is 30.3 Å². The van der Waals surface area contributed by atoms with Crippen molar-refractivity contribution in [2.75, 3.05) is 19.6 Å². The van der Waals surface area contributed by atoms with Crippen LogP contribution in [0.5, 0.6) is 5.75 Å². The first-order valence-corrected chi connectivity index (χ1v) is 9.37. The van der Waals surface area contributed by atoms with E-state index in [-0.39, 0.29) is 11.9 Å². The highest BCUT2D eigenvalue weighted by Gasteiger charge is 2.25. The number of hydrogen-bond donors (Lipinski definition) is 3. The number of likely N-dealkylation sites (tertiary alicyclic amines) is 1. The molecule has 1 aliphatic heterocycles. The number of phenols is 1. The zero-order valence-electron chi connectivity index (χ0n) is 13.7. The number of carboxylic acid groups (broad SMARTS) is 1. The molecule has 0 saturated carbocycles. The maximum Gasteiger partial charge on any atom is 0.345 e. The number of rotatable bonds is 5. The molecule has 0 aliphatic carbocycles. The lowest BCUT2D eigenvalue weighted by Gasteiger charge is -2.36. The summed E-state index contributed by atoms with van der Waals surface area (Å²) in [5.41, 5.74) is 2.52. The van der Waals surface area contributed by atoms with Crippen molar-refractivity contribution in [3.63, 3.8) is 0 Å². The van der Waals surface area contributed by atoms with Crippen LogP contribution in [0.3, 0.4) is 0 Å². The molecule has 8 heteroatoms. The van der Waals surface area contributed by atoms with Crippen molar-refractivity contribution in [1.82, 2.24) is 9.47 Å². The van der Waals surface area contributed by atoms with E-state index in [0.717, 1.165) is 28.0 Å². The van der Waals surface area contributed by atoms with Gasteiger partial charge in [-0.15, -0.1) is 11.3 Å². The predicted molar refractivity (Wildman–Crippen MR) is 101 cm³/mol. The number of β-amino-alcohol motifs (C(OH)–C–C–N with tert-alkyl or cyclic N) is 1. The summed E-state index contributed by atoms with van der Waals surface area (Å²) in [6.07, 6.45) is -0.259. The fourth-order valence-corrected chi connectivity index (χ4v) is 4.50. The molecule has 136 valence electrons. The topological polar surface area (TPSA) is 85.9 Å². The van der Waals surface area contributed by atoms with Crippen molar-refractivity contribution in [3.05, 3.63) is 40.2 Å². The molecule has 3 aromatic rings. The number of nitrogens with zero attached hydrogens (tertiary/aromatic N) is 2. The van der Waals surface area contributed by atoms with Gasteiger partial charge >= 0.3 is 5.97 Å². The molecule has 0 unspecified atom stereocenters. The van der Waals surface area contributed by atoms with Crippen LogP contribution in [-0.4, -0.2) is 56.5 Å². The molecule has 0 amide bonds. The first kappa shape index (κ1) is 17.4. The molecule has 3 N–H and O–H groups in total. The van der Waals surface area contributed by atoms with Gasteiger partial charge in [0.15, 0.2) is 0 Å². The van der Waals surface area contributed by atoms with Crippen LogP contribution in [0.4, 0.5) is 0 Å². The molecule has 26 heavy (non-hydrogen) atoms. The number of carbonyl (C=O) groups is 1. The summed E-state index contributed by atoms with van der Waals surface area (Å²) in [5.74, 6) is -0.839.